The third-order valence-electron chi connectivity index (χ3n) is 4.24. The zero-order valence-corrected chi connectivity index (χ0v) is 18.6. The molecule has 1 N–H and O–H groups in total. The minimum Gasteiger partial charge on any atom is -0.497 e. The summed E-state index contributed by atoms with van der Waals surface area (Å²) in [7, 11) is 5.84. The van der Waals surface area contributed by atoms with Gasteiger partial charge in [-0.1, -0.05) is 30.3 Å². The van der Waals surface area contributed by atoms with E-state index in [-0.39, 0.29) is 24.8 Å². The molecule has 0 saturated heterocycles. The molecule has 3 rings (SSSR count). The van der Waals surface area contributed by atoms with Crippen LogP contribution in [-0.2, 0) is 0 Å². The molecular weight excluding hydrogens is 407 g/mol. The second-order valence-corrected chi connectivity index (χ2v) is 6.64. The van der Waals surface area contributed by atoms with E-state index in [1.165, 1.54) is 0 Å². The molecule has 0 saturated carbocycles. The molecular formula is C22H28Cl2N4O. The molecule has 0 radical (unpaired) electrons. The number of ether oxygens (including phenoxy) is 1. The van der Waals surface area contributed by atoms with Crippen LogP contribution in [0.5, 0.6) is 5.75 Å². The van der Waals surface area contributed by atoms with Crippen molar-refractivity contribution in [2.75, 3.05) is 39.6 Å². The standard InChI is InChI=1S/C22H26N4O.2ClH/c1-26(2)16-6-15-23-22-19-7-4-5-8-20(19)24-21(25-22)14-11-17-9-12-18(27-3)13-10-17;;/h4-5,7-14H,6,15-16H2,1-3H3,(H,23,24,25);2*1H. The first-order valence-electron chi connectivity index (χ1n) is 9.13. The normalized spacial score (nSPS) is 10.6. The summed E-state index contributed by atoms with van der Waals surface area (Å²) in [5.74, 6) is 2.42. The topological polar surface area (TPSA) is 50.3 Å². The molecule has 7 heteroatoms. The van der Waals surface area contributed by atoms with Crippen LogP contribution in [0.2, 0.25) is 0 Å². The Morgan fingerprint density at radius 2 is 1.69 bits per heavy atom. The summed E-state index contributed by atoms with van der Waals surface area (Å²) in [5, 5.41) is 4.51. The van der Waals surface area contributed by atoms with Crippen LogP contribution in [0.25, 0.3) is 23.1 Å². The van der Waals surface area contributed by atoms with Crippen molar-refractivity contribution in [3.8, 4) is 5.75 Å². The average Bonchev–Trinajstić information content (AvgIpc) is 2.69. The lowest BCUT2D eigenvalue weighted by Crippen LogP contribution is -2.16. The molecule has 0 spiro atoms. The van der Waals surface area contributed by atoms with E-state index < -0.39 is 0 Å². The van der Waals surface area contributed by atoms with E-state index in [0.717, 1.165) is 47.5 Å². The van der Waals surface area contributed by atoms with Gasteiger partial charge in [0.05, 0.1) is 12.6 Å². The van der Waals surface area contributed by atoms with Gasteiger partial charge in [-0.2, -0.15) is 0 Å². The number of aromatic nitrogens is 2. The largest absolute Gasteiger partial charge is 0.497 e. The van der Waals surface area contributed by atoms with E-state index in [0.29, 0.717) is 5.82 Å². The second-order valence-electron chi connectivity index (χ2n) is 6.64. The van der Waals surface area contributed by atoms with Gasteiger partial charge in [-0.15, -0.1) is 24.8 Å². The van der Waals surface area contributed by atoms with Crippen molar-refractivity contribution < 1.29 is 4.74 Å². The molecule has 3 aromatic rings. The highest BCUT2D eigenvalue weighted by molar-refractivity contribution is 5.90. The number of anilines is 1. The van der Waals surface area contributed by atoms with Crippen molar-refractivity contribution >= 4 is 53.7 Å². The van der Waals surface area contributed by atoms with Gasteiger partial charge in [0.2, 0.25) is 0 Å². The Hall–Kier alpha value is -2.34. The SMILES string of the molecule is COc1ccc(C=Cc2nc(NCCCN(C)C)c3ccccc3n2)cc1.Cl.Cl. The lowest BCUT2D eigenvalue weighted by atomic mass is 10.2. The molecule has 0 aliphatic carbocycles. The van der Waals surface area contributed by atoms with Gasteiger partial charge in [0.1, 0.15) is 11.6 Å². The lowest BCUT2D eigenvalue weighted by Gasteiger charge is -2.12. The van der Waals surface area contributed by atoms with E-state index in [1.54, 1.807) is 7.11 Å². The predicted octanol–water partition coefficient (Wildman–Crippen LogP) is 5.02. The average molecular weight is 435 g/mol. The first kappa shape index (κ1) is 24.7. The van der Waals surface area contributed by atoms with Crippen LogP contribution < -0.4 is 10.1 Å². The number of hydrogen-bond acceptors (Lipinski definition) is 5. The summed E-state index contributed by atoms with van der Waals surface area (Å²) in [5.41, 5.74) is 2.02. The van der Waals surface area contributed by atoms with Gasteiger partial charge in [0, 0.05) is 11.9 Å². The summed E-state index contributed by atoms with van der Waals surface area (Å²) in [4.78, 5) is 11.6. The Morgan fingerprint density at radius 3 is 2.38 bits per heavy atom. The number of nitrogens with one attached hydrogen (secondary N) is 1. The maximum Gasteiger partial charge on any atom is 0.154 e. The van der Waals surface area contributed by atoms with Crippen molar-refractivity contribution in [1.29, 1.82) is 0 Å². The molecule has 0 fully saturated rings. The molecule has 2 aromatic carbocycles. The zero-order chi connectivity index (χ0) is 19.1. The van der Waals surface area contributed by atoms with Gasteiger partial charge >= 0.3 is 0 Å². The number of hydrogen-bond donors (Lipinski definition) is 1. The number of rotatable bonds is 8. The van der Waals surface area contributed by atoms with Crippen LogP contribution in [0.15, 0.2) is 48.5 Å². The highest BCUT2D eigenvalue weighted by Crippen LogP contribution is 2.21. The Kier molecular flexibility index (Phi) is 10.5. The Morgan fingerprint density at radius 1 is 0.966 bits per heavy atom. The third kappa shape index (κ3) is 7.20. The highest BCUT2D eigenvalue weighted by atomic mass is 35.5. The third-order valence-corrected chi connectivity index (χ3v) is 4.24. The van der Waals surface area contributed by atoms with Gasteiger partial charge in [0.15, 0.2) is 5.82 Å². The van der Waals surface area contributed by atoms with Crippen LogP contribution in [-0.4, -0.2) is 49.2 Å². The summed E-state index contributed by atoms with van der Waals surface area (Å²) < 4.78 is 5.20. The Balaban J connectivity index is 0.00000210. The molecule has 0 bridgehead atoms. The molecule has 29 heavy (non-hydrogen) atoms. The first-order valence-corrected chi connectivity index (χ1v) is 9.13. The van der Waals surface area contributed by atoms with Gasteiger partial charge in [0.25, 0.3) is 0 Å². The number of para-hydroxylation sites is 1. The maximum absolute atomic E-state index is 5.20. The summed E-state index contributed by atoms with van der Waals surface area (Å²) in [6, 6.07) is 16.0. The molecule has 0 unspecified atom stereocenters. The van der Waals surface area contributed by atoms with Crippen molar-refractivity contribution in [2.45, 2.75) is 6.42 Å². The van der Waals surface area contributed by atoms with Crippen molar-refractivity contribution in [3.63, 3.8) is 0 Å². The van der Waals surface area contributed by atoms with Gasteiger partial charge < -0.3 is 15.0 Å². The fourth-order valence-electron chi connectivity index (χ4n) is 2.79. The zero-order valence-electron chi connectivity index (χ0n) is 17.0. The van der Waals surface area contributed by atoms with Crippen LogP contribution >= 0.6 is 24.8 Å². The van der Waals surface area contributed by atoms with Crippen LogP contribution in [0, 0.1) is 0 Å². The summed E-state index contributed by atoms with van der Waals surface area (Å²) >= 11 is 0. The first-order chi connectivity index (χ1) is 13.2. The molecule has 5 nitrogen and oxygen atoms in total. The fourth-order valence-corrected chi connectivity index (χ4v) is 2.79. The predicted molar refractivity (Wildman–Crippen MR) is 128 cm³/mol. The smallest absolute Gasteiger partial charge is 0.154 e. The molecule has 156 valence electrons. The quantitative estimate of drug-likeness (QED) is 0.504. The minimum absolute atomic E-state index is 0. The monoisotopic (exact) mass is 434 g/mol. The van der Waals surface area contributed by atoms with E-state index >= 15 is 0 Å². The lowest BCUT2D eigenvalue weighted by molar-refractivity contribution is 0.405. The second kappa shape index (κ2) is 12.3. The van der Waals surface area contributed by atoms with E-state index in [9.17, 15) is 0 Å². The van der Waals surface area contributed by atoms with Crippen LogP contribution in [0.4, 0.5) is 5.82 Å². The number of benzene rings is 2. The fraction of sp³-hybridized carbons (Fsp3) is 0.273. The Labute approximate surface area is 185 Å². The van der Waals surface area contributed by atoms with Crippen molar-refractivity contribution in [2.24, 2.45) is 0 Å². The summed E-state index contributed by atoms with van der Waals surface area (Å²) in [6.07, 6.45) is 5.01. The van der Waals surface area contributed by atoms with Crippen molar-refractivity contribution in [3.05, 3.63) is 59.9 Å². The van der Waals surface area contributed by atoms with E-state index in [1.807, 2.05) is 54.6 Å². The number of halogens is 2. The van der Waals surface area contributed by atoms with Gasteiger partial charge in [-0.05, 0) is 63.0 Å². The highest BCUT2D eigenvalue weighted by Gasteiger charge is 2.05. The molecule has 1 aromatic heterocycles. The van der Waals surface area contributed by atoms with Crippen molar-refractivity contribution in [1.82, 2.24) is 14.9 Å². The molecule has 0 aliphatic heterocycles. The number of fused-ring (bicyclic) bond motifs is 1. The Bertz CT molecular complexity index is 914. The molecule has 1 heterocycles. The van der Waals surface area contributed by atoms with Crippen LogP contribution in [0.1, 0.15) is 17.8 Å². The van der Waals surface area contributed by atoms with E-state index in [4.69, 9.17) is 9.72 Å². The summed E-state index contributed by atoms with van der Waals surface area (Å²) in [6.45, 7) is 1.92. The van der Waals surface area contributed by atoms with Gasteiger partial charge in [-0.25, -0.2) is 9.97 Å². The number of methoxy groups -OCH3 is 1. The molecule has 0 atom stereocenters. The molecule has 0 aliphatic rings. The van der Waals surface area contributed by atoms with E-state index in [2.05, 4.69) is 35.4 Å². The van der Waals surface area contributed by atoms with Crippen LogP contribution in [0.3, 0.4) is 0 Å². The van der Waals surface area contributed by atoms with Gasteiger partial charge in [-0.3, -0.25) is 0 Å². The molecule has 0 amide bonds. The number of nitrogens with zero attached hydrogens (tertiary/aromatic N) is 3. The minimum atomic E-state index is 0. The maximum atomic E-state index is 5.20.